The second kappa shape index (κ2) is 8.42. The van der Waals surface area contributed by atoms with Gasteiger partial charge in [0, 0.05) is 20.2 Å². The highest BCUT2D eigenvalue weighted by Gasteiger charge is 2.31. The first-order valence-corrected chi connectivity index (χ1v) is 7.68. The van der Waals surface area contributed by atoms with E-state index < -0.39 is 23.9 Å². The predicted molar refractivity (Wildman–Crippen MR) is 87.0 cm³/mol. The Morgan fingerprint density at radius 1 is 1.29 bits per heavy atom. The quantitative estimate of drug-likeness (QED) is 0.600. The summed E-state index contributed by atoms with van der Waals surface area (Å²) >= 11 is 0. The SMILES string of the molecule is COCCNC(=O)NC(=O)CN1Cc2ccccc2C[C@H]1C(N)=O. The number of carbonyl (C=O) groups is 3. The number of benzene rings is 1. The van der Waals surface area contributed by atoms with E-state index in [0.29, 0.717) is 26.1 Å². The average Bonchev–Trinajstić information content (AvgIpc) is 2.54. The molecule has 4 N–H and O–H groups in total. The number of nitrogens with one attached hydrogen (secondary N) is 2. The Morgan fingerprint density at radius 2 is 2.00 bits per heavy atom. The molecule has 1 aliphatic rings. The number of amides is 4. The number of hydrogen-bond donors (Lipinski definition) is 3. The number of imide groups is 1. The number of fused-ring (bicyclic) bond motifs is 1. The van der Waals surface area contributed by atoms with E-state index in [1.54, 1.807) is 4.90 Å². The molecule has 4 amide bonds. The number of rotatable bonds is 6. The van der Waals surface area contributed by atoms with Crippen molar-refractivity contribution in [2.24, 2.45) is 5.73 Å². The Kier molecular flexibility index (Phi) is 6.28. The van der Waals surface area contributed by atoms with Gasteiger partial charge in [-0.05, 0) is 17.5 Å². The average molecular weight is 334 g/mol. The minimum Gasteiger partial charge on any atom is -0.383 e. The fourth-order valence-electron chi connectivity index (χ4n) is 2.69. The van der Waals surface area contributed by atoms with E-state index in [0.717, 1.165) is 11.1 Å². The molecule has 0 spiro atoms. The highest BCUT2D eigenvalue weighted by Crippen LogP contribution is 2.22. The molecule has 1 atom stereocenters. The van der Waals surface area contributed by atoms with Gasteiger partial charge in [-0.15, -0.1) is 0 Å². The van der Waals surface area contributed by atoms with Gasteiger partial charge in [-0.2, -0.15) is 0 Å². The van der Waals surface area contributed by atoms with Gasteiger partial charge in [0.15, 0.2) is 0 Å². The number of urea groups is 1. The van der Waals surface area contributed by atoms with Crippen molar-refractivity contribution in [1.82, 2.24) is 15.5 Å². The third kappa shape index (κ3) is 4.77. The summed E-state index contributed by atoms with van der Waals surface area (Å²) in [5.41, 5.74) is 7.57. The van der Waals surface area contributed by atoms with Gasteiger partial charge in [-0.1, -0.05) is 24.3 Å². The molecule has 2 rings (SSSR count). The van der Waals surface area contributed by atoms with Crippen LogP contribution >= 0.6 is 0 Å². The molecular weight excluding hydrogens is 312 g/mol. The lowest BCUT2D eigenvalue weighted by molar-refractivity contribution is -0.127. The number of primary amides is 1. The van der Waals surface area contributed by atoms with Gasteiger partial charge < -0.3 is 15.8 Å². The van der Waals surface area contributed by atoms with Gasteiger partial charge in [0.25, 0.3) is 0 Å². The molecule has 0 fully saturated rings. The monoisotopic (exact) mass is 334 g/mol. The lowest BCUT2D eigenvalue weighted by Gasteiger charge is -2.34. The number of nitrogens with zero attached hydrogens (tertiary/aromatic N) is 1. The Balaban J connectivity index is 1.95. The summed E-state index contributed by atoms with van der Waals surface area (Å²) < 4.78 is 4.81. The highest BCUT2D eigenvalue weighted by atomic mass is 16.5. The fourth-order valence-corrected chi connectivity index (χ4v) is 2.69. The molecule has 8 heteroatoms. The Hall–Kier alpha value is -2.45. The van der Waals surface area contributed by atoms with Crippen molar-refractivity contribution >= 4 is 17.8 Å². The van der Waals surface area contributed by atoms with E-state index in [1.807, 2.05) is 24.3 Å². The van der Waals surface area contributed by atoms with Crippen LogP contribution in [0.3, 0.4) is 0 Å². The lowest BCUT2D eigenvalue weighted by atomic mass is 9.93. The zero-order chi connectivity index (χ0) is 17.5. The van der Waals surface area contributed by atoms with Gasteiger partial charge in [-0.25, -0.2) is 4.79 Å². The Bertz CT molecular complexity index is 620. The minimum absolute atomic E-state index is 0.0837. The zero-order valence-corrected chi connectivity index (χ0v) is 13.6. The number of ether oxygens (including phenoxy) is 1. The van der Waals surface area contributed by atoms with Crippen LogP contribution in [0, 0.1) is 0 Å². The molecule has 1 aromatic rings. The van der Waals surface area contributed by atoms with Crippen LogP contribution in [0.1, 0.15) is 11.1 Å². The van der Waals surface area contributed by atoms with E-state index >= 15 is 0 Å². The van der Waals surface area contributed by atoms with Crippen molar-refractivity contribution in [3.05, 3.63) is 35.4 Å². The second-order valence-electron chi connectivity index (χ2n) is 5.59. The third-order valence-corrected chi connectivity index (χ3v) is 3.87. The summed E-state index contributed by atoms with van der Waals surface area (Å²) in [6.45, 7) is 1.01. The fraction of sp³-hybridized carbons (Fsp3) is 0.438. The van der Waals surface area contributed by atoms with Crippen molar-refractivity contribution in [3.8, 4) is 0 Å². The number of methoxy groups -OCH3 is 1. The summed E-state index contributed by atoms with van der Waals surface area (Å²) in [5.74, 6) is -0.975. The topological polar surface area (TPSA) is 114 Å². The first-order chi connectivity index (χ1) is 11.5. The van der Waals surface area contributed by atoms with E-state index in [9.17, 15) is 14.4 Å². The van der Waals surface area contributed by atoms with Crippen LogP contribution in [-0.4, -0.2) is 55.6 Å². The lowest BCUT2D eigenvalue weighted by Crippen LogP contribution is -2.53. The largest absolute Gasteiger partial charge is 0.383 e. The smallest absolute Gasteiger partial charge is 0.321 e. The standard InChI is InChI=1S/C16H22N4O4/c1-24-7-6-18-16(23)19-14(21)10-20-9-12-5-3-2-4-11(12)8-13(20)15(17)22/h2-5,13H,6-10H2,1H3,(H2,17,22)(H2,18,19,21,23)/t13-/m0/s1. The molecule has 0 saturated carbocycles. The second-order valence-corrected chi connectivity index (χ2v) is 5.59. The van der Waals surface area contributed by atoms with Crippen LogP contribution in [0.4, 0.5) is 4.79 Å². The summed E-state index contributed by atoms with van der Waals surface area (Å²) in [6.07, 6.45) is 0.457. The molecule has 0 radical (unpaired) electrons. The molecule has 0 aliphatic carbocycles. The van der Waals surface area contributed by atoms with Crippen LogP contribution in [0.25, 0.3) is 0 Å². The van der Waals surface area contributed by atoms with Gasteiger partial charge in [0.2, 0.25) is 11.8 Å². The van der Waals surface area contributed by atoms with Crippen LogP contribution in [0.5, 0.6) is 0 Å². The van der Waals surface area contributed by atoms with E-state index in [2.05, 4.69) is 10.6 Å². The molecule has 130 valence electrons. The molecule has 24 heavy (non-hydrogen) atoms. The molecule has 0 unspecified atom stereocenters. The number of hydrogen-bond acceptors (Lipinski definition) is 5. The van der Waals surface area contributed by atoms with Crippen LogP contribution in [0.15, 0.2) is 24.3 Å². The van der Waals surface area contributed by atoms with Crippen molar-refractivity contribution < 1.29 is 19.1 Å². The third-order valence-electron chi connectivity index (χ3n) is 3.87. The highest BCUT2D eigenvalue weighted by molar-refractivity contribution is 5.95. The van der Waals surface area contributed by atoms with Crippen molar-refractivity contribution in [1.29, 1.82) is 0 Å². The number of nitrogens with two attached hydrogens (primary N) is 1. The maximum atomic E-state index is 12.0. The molecule has 0 saturated heterocycles. The van der Waals surface area contributed by atoms with Crippen molar-refractivity contribution in [2.75, 3.05) is 26.8 Å². The molecule has 8 nitrogen and oxygen atoms in total. The van der Waals surface area contributed by atoms with E-state index in [1.165, 1.54) is 7.11 Å². The Morgan fingerprint density at radius 3 is 2.67 bits per heavy atom. The zero-order valence-electron chi connectivity index (χ0n) is 13.6. The Labute approximate surface area is 140 Å². The molecule has 1 aliphatic heterocycles. The molecule has 0 aromatic heterocycles. The molecule has 1 aromatic carbocycles. The minimum atomic E-state index is -0.593. The van der Waals surface area contributed by atoms with E-state index in [4.69, 9.17) is 10.5 Å². The van der Waals surface area contributed by atoms with Gasteiger partial charge in [0.1, 0.15) is 0 Å². The maximum Gasteiger partial charge on any atom is 0.321 e. The predicted octanol–water partition coefficient (Wildman–Crippen LogP) is -0.629. The summed E-state index contributed by atoms with van der Waals surface area (Å²) in [5, 5.41) is 4.73. The summed E-state index contributed by atoms with van der Waals surface area (Å²) in [7, 11) is 1.52. The molecular formula is C16H22N4O4. The van der Waals surface area contributed by atoms with Gasteiger partial charge >= 0.3 is 6.03 Å². The van der Waals surface area contributed by atoms with Gasteiger partial charge in [-0.3, -0.25) is 19.8 Å². The van der Waals surface area contributed by atoms with E-state index in [-0.39, 0.29) is 6.54 Å². The van der Waals surface area contributed by atoms with Crippen molar-refractivity contribution in [2.45, 2.75) is 19.0 Å². The molecule has 0 bridgehead atoms. The first kappa shape index (κ1) is 17.9. The first-order valence-electron chi connectivity index (χ1n) is 7.68. The van der Waals surface area contributed by atoms with Crippen LogP contribution in [0.2, 0.25) is 0 Å². The van der Waals surface area contributed by atoms with Crippen molar-refractivity contribution in [3.63, 3.8) is 0 Å². The summed E-state index contributed by atoms with van der Waals surface area (Å²) in [6, 6.07) is 6.56. The molecule has 1 heterocycles. The maximum absolute atomic E-state index is 12.0. The normalized spacial score (nSPS) is 17.0. The number of carbonyl (C=O) groups excluding carboxylic acids is 3. The van der Waals surface area contributed by atoms with Crippen LogP contribution in [-0.2, 0) is 27.3 Å². The van der Waals surface area contributed by atoms with Gasteiger partial charge in [0.05, 0.1) is 19.2 Å². The van der Waals surface area contributed by atoms with Crippen LogP contribution < -0.4 is 16.4 Å². The summed E-state index contributed by atoms with van der Waals surface area (Å²) in [4.78, 5) is 37.0.